The second-order valence-electron chi connectivity index (χ2n) is 5.62. The number of nitrogens with zero attached hydrogens (tertiary/aromatic N) is 1. The van der Waals surface area contributed by atoms with Crippen LogP contribution in [0.5, 0.6) is 5.75 Å². The number of thioether (sulfide) groups is 1. The van der Waals surface area contributed by atoms with E-state index in [9.17, 15) is 0 Å². The first-order chi connectivity index (χ1) is 11.6. The maximum Gasteiger partial charge on any atom is 0.191 e. The third-order valence-electron chi connectivity index (χ3n) is 3.79. The van der Waals surface area contributed by atoms with Gasteiger partial charge in [0.2, 0.25) is 0 Å². The van der Waals surface area contributed by atoms with Crippen molar-refractivity contribution >= 4 is 52.7 Å². The summed E-state index contributed by atoms with van der Waals surface area (Å²) >= 11 is 1.82. The maximum atomic E-state index is 6.03. The minimum absolute atomic E-state index is 0. The topological polar surface area (TPSA) is 58.8 Å². The lowest BCUT2D eigenvalue weighted by Crippen LogP contribution is -2.41. The van der Waals surface area contributed by atoms with Gasteiger partial charge >= 0.3 is 0 Å². The number of hydrogen-bond acceptors (Lipinski definition) is 4. The van der Waals surface area contributed by atoms with Crippen LogP contribution in [0, 0.1) is 0 Å². The number of para-hydroxylation sites is 1. The van der Waals surface area contributed by atoms with E-state index in [4.69, 9.17) is 9.15 Å². The molecule has 0 aliphatic heterocycles. The summed E-state index contributed by atoms with van der Waals surface area (Å²) in [4.78, 5) is 4.28. The van der Waals surface area contributed by atoms with Gasteiger partial charge in [-0.3, -0.25) is 4.99 Å². The smallest absolute Gasteiger partial charge is 0.191 e. The Kier molecular flexibility index (Phi) is 9.48. The van der Waals surface area contributed by atoms with Gasteiger partial charge in [0.05, 0.1) is 12.6 Å². The number of ether oxygens (including phenoxy) is 1. The molecule has 0 bridgehead atoms. The van der Waals surface area contributed by atoms with Crippen molar-refractivity contribution in [1.82, 2.24) is 10.6 Å². The van der Waals surface area contributed by atoms with E-state index in [0.717, 1.165) is 35.0 Å². The molecule has 1 aromatic heterocycles. The molecule has 0 spiro atoms. The molecule has 7 heteroatoms. The molecule has 2 rings (SSSR count). The van der Waals surface area contributed by atoms with Gasteiger partial charge in [-0.15, -0.1) is 24.0 Å². The van der Waals surface area contributed by atoms with Crippen LogP contribution in [0.2, 0.25) is 0 Å². The molecule has 0 saturated heterocycles. The van der Waals surface area contributed by atoms with Gasteiger partial charge in [-0.25, -0.2) is 0 Å². The van der Waals surface area contributed by atoms with Gasteiger partial charge in [-0.1, -0.05) is 19.1 Å². The monoisotopic (exact) mass is 477 g/mol. The van der Waals surface area contributed by atoms with E-state index in [1.165, 1.54) is 0 Å². The zero-order valence-electron chi connectivity index (χ0n) is 15.5. The predicted molar refractivity (Wildman–Crippen MR) is 119 cm³/mol. The van der Waals surface area contributed by atoms with Crippen molar-refractivity contribution in [2.45, 2.75) is 32.1 Å². The van der Waals surface area contributed by atoms with E-state index in [0.29, 0.717) is 11.9 Å². The molecular weight excluding hydrogens is 449 g/mol. The van der Waals surface area contributed by atoms with Gasteiger partial charge in [0, 0.05) is 24.2 Å². The summed E-state index contributed by atoms with van der Waals surface area (Å²) in [5.74, 6) is 2.41. The van der Waals surface area contributed by atoms with Gasteiger partial charge in [-0.05, 0) is 32.2 Å². The summed E-state index contributed by atoms with van der Waals surface area (Å²) in [5.41, 5.74) is 0.793. The molecule has 0 amide bonds. The van der Waals surface area contributed by atoms with Gasteiger partial charge in [0.25, 0.3) is 0 Å². The fraction of sp³-hybridized carbons (Fsp3) is 0.500. The van der Waals surface area contributed by atoms with Crippen molar-refractivity contribution in [3.8, 4) is 5.75 Å². The number of fused-ring (bicyclic) bond motifs is 1. The standard InChI is InChI=1S/C18H27N3O2S.HI/c1-6-22-15-9-7-8-14-10-16(23-17(14)15)13(3)21-18(19-4)20-11-12(2)24-5;/h7-10,12-13H,6,11H2,1-5H3,(H2,19,20,21);1H. The molecule has 0 saturated carbocycles. The molecule has 140 valence electrons. The van der Waals surface area contributed by atoms with E-state index in [-0.39, 0.29) is 30.0 Å². The Hall–Kier alpha value is -1.09. The third-order valence-corrected chi connectivity index (χ3v) is 4.76. The zero-order valence-corrected chi connectivity index (χ0v) is 18.6. The highest BCUT2D eigenvalue weighted by molar-refractivity contribution is 14.0. The Morgan fingerprint density at radius 2 is 2.12 bits per heavy atom. The largest absolute Gasteiger partial charge is 0.490 e. The Morgan fingerprint density at radius 3 is 2.76 bits per heavy atom. The molecule has 2 aromatic rings. The minimum Gasteiger partial charge on any atom is -0.490 e. The van der Waals surface area contributed by atoms with Crippen LogP contribution in [-0.2, 0) is 0 Å². The third kappa shape index (κ3) is 5.99. The van der Waals surface area contributed by atoms with E-state index in [1.54, 1.807) is 7.05 Å². The van der Waals surface area contributed by atoms with Crippen molar-refractivity contribution < 1.29 is 9.15 Å². The van der Waals surface area contributed by atoms with Crippen molar-refractivity contribution in [2.75, 3.05) is 26.5 Å². The quantitative estimate of drug-likeness (QED) is 0.351. The molecule has 2 N–H and O–H groups in total. The highest BCUT2D eigenvalue weighted by Crippen LogP contribution is 2.31. The molecule has 1 heterocycles. The average molecular weight is 477 g/mol. The Balaban J connectivity index is 0.00000312. The summed E-state index contributed by atoms with van der Waals surface area (Å²) in [7, 11) is 1.78. The molecular formula is C18H28IN3O2S. The lowest BCUT2D eigenvalue weighted by atomic mass is 10.2. The summed E-state index contributed by atoms with van der Waals surface area (Å²) in [6.07, 6.45) is 2.11. The normalized spacial score (nSPS) is 13.9. The fourth-order valence-electron chi connectivity index (χ4n) is 2.33. The van der Waals surface area contributed by atoms with Crippen LogP contribution in [0.25, 0.3) is 11.0 Å². The van der Waals surface area contributed by atoms with E-state index < -0.39 is 0 Å². The van der Waals surface area contributed by atoms with Gasteiger partial charge in [0.15, 0.2) is 17.3 Å². The summed E-state index contributed by atoms with van der Waals surface area (Å²) in [6.45, 7) is 7.69. The van der Waals surface area contributed by atoms with E-state index >= 15 is 0 Å². The molecule has 1 aromatic carbocycles. The molecule has 5 nitrogen and oxygen atoms in total. The van der Waals surface area contributed by atoms with Crippen LogP contribution in [0.3, 0.4) is 0 Å². The van der Waals surface area contributed by atoms with Crippen molar-refractivity contribution in [3.63, 3.8) is 0 Å². The highest BCUT2D eigenvalue weighted by atomic mass is 127. The second kappa shape index (κ2) is 10.8. The highest BCUT2D eigenvalue weighted by Gasteiger charge is 2.15. The van der Waals surface area contributed by atoms with E-state index in [1.807, 2.05) is 43.0 Å². The number of guanidine groups is 1. The lowest BCUT2D eigenvalue weighted by molar-refractivity contribution is 0.336. The number of nitrogens with one attached hydrogen (secondary N) is 2. The number of benzene rings is 1. The molecule has 0 radical (unpaired) electrons. The Bertz CT molecular complexity index is 690. The maximum absolute atomic E-state index is 6.03. The predicted octanol–water partition coefficient (Wildman–Crippen LogP) is 4.43. The first kappa shape index (κ1) is 22.0. The van der Waals surface area contributed by atoms with Crippen LogP contribution in [0.15, 0.2) is 33.7 Å². The zero-order chi connectivity index (χ0) is 17.5. The van der Waals surface area contributed by atoms with Crippen molar-refractivity contribution in [3.05, 3.63) is 30.0 Å². The van der Waals surface area contributed by atoms with Crippen molar-refractivity contribution in [2.24, 2.45) is 4.99 Å². The van der Waals surface area contributed by atoms with E-state index in [2.05, 4.69) is 35.7 Å². The van der Waals surface area contributed by atoms with Gasteiger partial charge < -0.3 is 19.8 Å². The van der Waals surface area contributed by atoms with Gasteiger partial charge in [0.1, 0.15) is 5.76 Å². The molecule has 0 fully saturated rings. The Morgan fingerprint density at radius 1 is 1.36 bits per heavy atom. The summed E-state index contributed by atoms with van der Waals surface area (Å²) in [5, 5.41) is 8.28. The lowest BCUT2D eigenvalue weighted by Gasteiger charge is -2.18. The molecule has 0 aliphatic rings. The number of rotatable bonds is 7. The van der Waals surface area contributed by atoms with Crippen LogP contribution >= 0.6 is 35.7 Å². The molecule has 2 unspecified atom stereocenters. The molecule has 0 aliphatic carbocycles. The van der Waals surface area contributed by atoms with Crippen LogP contribution in [0.4, 0.5) is 0 Å². The van der Waals surface area contributed by atoms with Crippen LogP contribution in [0.1, 0.15) is 32.6 Å². The Labute approximate surface area is 171 Å². The van der Waals surface area contributed by atoms with Crippen molar-refractivity contribution in [1.29, 1.82) is 0 Å². The number of aliphatic imine (C=N–C) groups is 1. The molecule has 25 heavy (non-hydrogen) atoms. The fourth-order valence-corrected chi connectivity index (χ4v) is 2.58. The second-order valence-corrected chi connectivity index (χ2v) is 6.90. The summed E-state index contributed by atoms with van der Waals surface area (Å²) < 4.78 is 11.7. The first-order valence-electron chi connectivity index (χ1n) is 8.24. The average Bonchev–Trinajstić information content (AvgIpc) is 3.03. The number of halogens is 1. The van der Waals surface area contributed by atoms with Gasteiger partial charge in [-0.2, -0.15) is 11.8 Å². The SMILES string of the molecule is CCOc1cccc2cc(C(C)NC(=NC)NCC(C)SC)oc12.I. The van der Waals surface area contributed by atoms with Crippen LogP contribution in [-0.4, -0.2) is 37.7 Å². The molecule has 2 atom stereocenters. The number of hydrogen-bond donors (Lipinski definition) is 2. The van der Waals surface area contributed by atoms with Crippen LogP contribution < -0.4 is 15.4 Å². The minimum atomic E-state index is 0. The summed E-state index contributed by atoms with van der Waals surface area (Å²) in [6, 6.07) is 8.00. The first-order valence-corrected chi connectivity index (χ1v) is 9.53. The number of furan rings is 1.